The van der Waals surface area contributed by atoms with Crippen LogP contribution in [0.4, 0.5) is 18.2 Å². The van der Waals surface area contributed by atoms with E-state index in [0.29, 0.717) is 10.6 Å². The van der Waals surface area contributed by atoms with Gasteiger partial charge in [0, 0.05) is 10.9 Å². The number of nitrogens with one attached hydrogen (secondary N) is 1. The van der Waals surface area contributed by atoms with Crippen molar-refractivity contribution in [1.29, 1.82) is 5.26 Å². The number of ether oxygens (including phenoxy) is 2. The molecule has 0 saturated heterocycles. The number of hydrogen-bond acceptors (Lipinski definition) is 7. The van der Waals surface area contributed by atoms with Crippen molar-refractivity contribution in [2.24, 2.45) is 0 Å². The molecule has 1 aliphatic rings. The zero-order valence-electron chi connectivity index (χ0n) is 21.1. The van der Waals surface area contributed by atoms with Gasteiger partial charge in [-0.15, -0.1) is 11.3 Å². The Morgan fingerprint density at radius 1 is 1.05 bits per heavy atom. The molecule has 1 aliphatic carbocycles. The van der Waals surface area contributed by atoms with Crippen molar-refractivity contribution < 1.29 is 31.9 Å². The van der Waals surface area contributed by atoms with Gasteiger partial charge < -0.3 is 19.2 Å². The average molecular weight is 577 g/mol. The van der Waals surface area contributed by atoms with Crippen LogP contribution in [0.15, 0.2) is 69.9 Å². The van der Waals surface area contributed by atoms with E-state index in [9.17, 15) is 28.0 Å². The van der Waals surface area contributed by atoms with Crippen LogP contribution in [-0.4, -0.2) is 12.5 Å². The van der Waals surface area contributed by atoms with Crippen LogP contribution in [0.25, 0.3) is 21.7 Å². The molecule has 0 bridgehead atoms. The fraction of sp³-hybridized carbons (Fsp3) is 0.167. The normalized spacial score (nSPS) is 12.7. The molecular formula is C30H19F3N2O5S. The van der Waals surface area contributed by atoms with Gasteiger partial charge in [-0.1, -0.05) is 30.3 Å². The molecule has 2 heterocycles. The highest BCUT2D eigenvalue weighted by Crippen LogP contribution is 2.40. The molecule has 1 N–H and O–H groups in total. The zero-order chi connectivity index (χ0) is 28.7. The van der Waals surface area contributed by atoms with Crippen molar-refractivity contribution >= 4 is 44.0 Å². The number of aryl methyl sites for hydroxylation is 1. The number of halogens is 3. The molecule has 0 aliphatic heterocycles. The SMILES string of the molecule is N#Cc1c(NC(=O)COc2ccc3c(=O)c(Oc4ccc5ccccc5c4)c(C(F)(F)F)oc3c2)sc2c1CCC2. The van der Waals surface area contributed by atoms with Crippen molar-refractivity contribution in [3.8, 4) is 23.3 Å². The fourth-order valence-electron chi connectivity index (χ4n) is 4.80. The van der Waals surface area contributed by atoms with Gasteiger partial charge in [0.05, 0.1) is 10.9 Å². The molecule has 0 saturated carbocycles. The fourth-order valence-corrected chi connectivity index (χ4v) is 6.05. The van der Waals surface area contributed by atoms with Crippen LogP contribution in [-0.2, 0) is 23.8 Å². The second-order valence-corrected chi connectivity index (χ2v) is 10.5. The van der Waals surface area contributed by atoms with Crippen molar-refractivity contribution in [3.63, 3.8) is 0 Å². The summed E-state index contributed by atoms with van der Waals surface area (Å²) in [4.78, 5) is 26.7. The van der Waals surface area contributed by atoms with E-state index in [4.69, 9.17) is 13.9 Å². The van der Waals surface area contributed by atoms with Crippen molar-refractivity contribution in [2.75, 3.05) is 11.9 Å². The third-order valence-electron chi connectivity index (χ3n) is 6.68. The van der Waals surface area contributed by atoms with Gasteiger partial charge in [0.1, 0.15) is 28.2 Å². The molecule has 6 rings (SSSR count). The Morgan fingerprint density at radius 3 is 2.61 bits per heavy atom. The topological polar surface area (TPSA) is 102 Å². The predicted octanol–water partition coefficient (Wildman–Crippen LogP) is 7.20. The highest BCUT2D eigenvalue weighted by molar-refractivity contribution is 7.16. The minimum atomic E-state index is -5.03. The van der Waals surface area contributed by atoms with E-state index in [1.165, 1.54) is 35.6 Å². The van der Waals surface area contributed by atoms with Crippen LogP contribution in [0.5, 0.6) is 17.2 Å². The molecule has 0 radical (unpaired) electrons. The Hall–Kier alpha value is -4.82. The summed E-state index contributed by atoms with van der Waals surface area (Å²) in [5.41, 5.74) is 0.0192. The van der Waals surface area contributed by atoms with Gasteiger partial charge in [-0.3, -0.25) is 9.59 Å². The molecule has 3 aromatic carbocycles. The number of benzene rings is 3. The maximum atomic E-state index is 14.0. The Kier molecular flexibility index (Phi) is 6.63. The monoisotopic (exact) mass is 576 g/mol. The number of nitrogens with zero attached hydrogens (tertiary/aromatic N) is 1. The van der Waals surface area contributed by atoms with Gasteiger partial charge in [-0.2, -0.15) is 18.4 Å². The number of hydrogen-bond donors (Lipinski definition) is 1. The second-order valence-electron chi connectivity index (χ2n) is 9.37. The highest BCUT2D eigenvalue weighted by atomic mass is 32.1. The van der Waals surface area contributed by atoms with E-state index in [2.05, 4.69) is 11.4 Å². The van der Waals surface area contributed by atoms with E-state index in [1.54, 1.807) is 18.2 Å². The largest absolute Gasteiger partial charge is 0.484 e. The first-order valence-corrected chi connectivity index (χ1v) is 13.3. The summed E-state index contributed by atoms with van der Waals surface area (Å²) in [6.45, 7) is -0.474. The maximum absolute atomic E-state index is 14.0. The number of amides is 1. The number of thiophene rings is 1. The van der Waals surface area contributed by atoms with E-state index in [0.717, 1.165) is 46.5 Å². The molecule has 7 nitrogen and oxygen atoms in total. The summed E-state index contributed by atoms with van der Waals surface area (Å²) < 4.78 is 58.0. The van der Waals surface area contributed by atoms with Crippen LogP contribution in [0.2, 0.25) is 0 Å². The van der Waals surface area contributed by atoms with Gasteiger partial charge >= 0.3 is 6.18 Å². The Morgan fingerprint density at radius 2 is 1.83 bits per heavy atom. The van der Waals surface area contributed by atoms with Crippen LogP contribution in [0.1, 0.15) is 28.2 Å². The van der Waals surface area contributed by atoms with E-state index >= 15 is 0 Å². The summed E-state index contributed by atoms with van der Waals surface area (Å²) in [5.74, 6) is -3.06. The number of carbonyl (C=O) groups is 1. The van der Waals surface area contributed by atoms with Crippen LogP contribution in [0, 0.1) is 11.3 Å². The first-order valence-electron chi connectivity index (χ1n) is 12.5. The lowest BCUT2D eigenvalue weighted by molar-refractivity contribution is -0.154. The summed E-state index contributed by atoms with van der Waals surface area (Å²) in [6, 6.07) is 17.7. The third-order valence-corrected chi connectivity index (χ3v) is 7.88. The van der Waals surface area contributed by atoms with Crippen LogP contribution >= 0.6 is 11.3 Å². The summed E-state index contributed by atoms with van der Waals surface area (Å²) in [7, 11) is 0. The number of fused-ring (bicyclic) bond motifs is 3. The average Bonchev–Trinajstić information content (AvgIpc) is 3.53. The highest BCUT2D eigenvalue weighted by Gasteiger charge is 2.40. The number of nitriles is 1. The molecule has 2 aromatic heterocycles. The summed E-state index contributed by atoms with van der Waals surface area (Å²) in [5, 5.41) is 14.0. The molecule has 11 heteroatoms. The molecule has 0 fully saturated rings. The third kappa shape index (κ3) is 5.10. The van der Waals surface area contributed by atoms with Crippen LogP contribution in [0.3, 0.4) is 0 Å². The Labute approximate surface area is 234 Å². The number of alkyl halides is 3. The zero-order valence-corrected chi connectivity index (χ0v) is 21.9. The number of anilines is 1. The summed E-state index contributed by atoms with van der Waals surface area (Å²) in [6.07, 6.45) is -2.41. The minimum absolute atomic E-state index is 0.0151. The molecule has 1 amide bonds. The smallest absolute Gasteiger partial charge is 0.453 e. The quantitative estimate of drug-likeness (QED) is 0.230. The number of rotatable bonds is 6. The van der Waals surface area contributed by atoms with Gasteiger partial charge in [0.25, 0.3) is 11.7 Å². The molecule has 206 valence electrons. The Bertz CT molecular complexity index is 1940. The van der Waals surface area contributed by atoms with E-state index in [-0.39, 0.29) is 22.5 Å². The first-order chi connectivity index (χ1) is 19.7. The van der Waals surface area contributed by atoms with E-state index in [1.807, 2.05) is 12.1 Å². The van der Waals surface area contributed by atoms with E-state index < -0.39 is 35.6 Å². The first kappa shape index (κ1) is 26.4. The number of carbonyl (C=O) groups excluding carboxylic acids is 1. The second kappa shape index (κ2) is 10.3. The maximum Gasteiger partial charge on any atom is 0.453 e. The lowest BCUT2D eigenvalue weighted by Gasteiger charge is -2.14. The lowest BCUT2D eigenvalue weighted by Crippen LogP contribution is -2.20. The van der Waals surface area contributed by atoms with Crippen molar-refractivity contribution in [3.05, 3.63) is 92.7 Å². The molecule has 0 atom stereocenters. The molecule has 0 spiro atoms. The predicted molar refractivity (Wildman–Crippen MR) is 147 cm³/mol. The summed E-state index contributed by atoms with van der Waals surface area (Å²) >= 11 is 1.35. The van der Waals surface area contributed by atoms with Crippen molar-refractivity contribution in [2.45, 2.75) is 25.4 Å². The molecular weight excluding hydrogens is 557 g/mol. The lowest BCUT2D eigenvalue weighted by atomic mass is 10.1. The van der Waals surface area contributed by atoms with Gasteiger partial charge in [0.15, 0.2) is 6.61 Å². The van der Waals surface area contributed by atoms with Gasteiger partial charge in [-0.05, 0) is 59.9 Å². The van der Waals surface area contributed by atoms with Gasteiger partial charge in [-0.25, -0.2) is 0 Å². The molecule has 41 heavy (non-hydrogen) atoms. The standard InChI is InChI=1S/C30H19F3N2O5S/c31-30(32,33)28-27(39-19-9-8-16-4-1-2-5-17(16)12-19)26(37)21-11-10-18(13-23(21)40-28)38-15-25(36)35-29-22(14-34)20-6-3-7-24(20)41-29/h1-2,4-5,8-13H,3,6-7,15H2,(H,35,36). The van der Waals surface area contributed by atoms with Crippen LogP contribution < -0.4 is 20.2 Å². The minimum Gasteiger partial charge on any atom is -0.484 e. The molecule has 5 aromatic rings. The Balaban J connectivity index is 1.25. The van der Waals surface area contributed by atoms with Gasteiger partial charge in [0.2, 0.25) is 11.2 Å². The van der Waals surface area contributed by atoms with Crippen molar-refractivity contribution in [1.82, 2.24) is 0 Å². The molecule has 0 unspecified atom stereocenters.